The normalized spacial score (nSPS) is 12.2. The topological polar surface area (TPSA) is 60.4 Å². The molecular formula is C13H17ClO4S. The van der Waals surface area contributed by atoms with E-state index in [1.165, 1.54) is 24.3 Å². The maximum atomic E-state index is 12.0. The molecule has 4 nitrogen and oxygen atoms in total. The third-order valence-electron chi connectivity index (χ3n) is 2.17. The number of carbonyl (C=O) groups excluding carboxylic acids is 1. The summed E-state index contributed by atoms with van der Waals surface area (Å²) in [4.78, 5) is 11.6. The van der Waals surface area contributed by atoms with Gasteiger partial charge in [-0.25, -0.2) is 8.42 Å². The molecule has 6 heteroatoms. The third kappa shape index (κ3) is 5.61. The fourth-order valence-electron chi connectivity index (χ4n) is 1.37. The minimum Gasteiger partial charge on any atom is -0.460 e. The molecule has 1 rings (SSSR count). The van der Waals surface area contributed by atoms with Gasteiger partial charge in [0, 0.05) is 5.02 Å². The second kappa shape index (κ2) is 5.92. The van der Waals surface area contributed by atoms with Crippen LogP contribution in [0.3, 0.4) is 0 Å². The van der Waals surface area contributed by atoms with Crippen molar-refractivity contribution in [2.45, 2.75) is 37.7 Å². The van der Waals surface area contributed by atoms with Crippen LogP contribution in [0.25, 0.3) is 0 Å². The SMILES string of the molecule is CC(C)(C)OC(=O)CCS(=O)(=O)c1ccc(Cl)cc1. The van der Waals surface area contributed by atoms with Crippen LogP contribution in [0.2, 0.25) is 5.02 Å². The van der Waals surface area contributed by atoms with Crippen LogP contribution < -0.4 is 0 Å². The number of esters is 1. The van der Waals surface area contributed by atoms with Gasteiger partial charge in [0.2, 0.25) is 0 Å². The van der Waals surface area contributed by atoms with Gasteiger partial charge >= 0.3 is 5.97 Å². The number of ether oxygens (including phenoxy) is 1. The van der Waals surface area contributed by atoms with Crippen LogP contribution in [0, 0.1) is 0 Å². The van der Waals surface area contributed by atoms with Crippen molar-refractivity contribution in [3.63, 3.8) is 0 Å². The Labute approximate surface area is 118 Å². The summed E-state index contributed by atoms with van der Waals surface area (Å²) < 4.78 is 29.0. The Hall–Kier alpha value is -1.07. The van der Waals surface area contributed by atoms with Crippen LogP contribution >= 0.6 is 11.6 Å². The Morgan fingerprint density at radius 3 is 2.21 bits per heavy atom. The van der Waals surface area contributed by atoms with Gasteiger partial charge in [-0.3, -0.25) is 4.79 Å². The van der Waals surface area contributed by atoms with Crippen LogP contribution in [-0.2, 0) is 19.4 Å². The summed E-state index contributed by atoms with van der Waals surface area (Å²) in [6.07, 6.45) is -0.164. The molecule has 1 aromatic carbocycles. The largest absolute Gasteiger partial charge is 0.460 e. The molecule has 0 aliphatic rings. The molecule has 106 valence electrons. The number of rotatable bonds is 4. The van der Waals surface area contributed by atoms with E-state index < -0.39 is 21.4 Å². The van der Waals surface area contributed by atoms with E-state index >= 15 is 0 Å². The van der Waals surface area contributed by atoms with Crippen LogP contribution in [-0.4, -0.2) is 25.7 Å². The standard InChI is InChI=1S/C13H17ClO4S/c1-13(2,3)18-12(15)8-9-19(16,17)11-6-4-10(14)5-7-11/h4-7H,8-9H2,1-3H3. The summed E-state index contributed by atoms with van der Waals surface area (Å²) in [6.45, 7) is 5.20. The molecule has 0 bridgehead atoms. The predicted octanol–water partition coefficient (Wildman–Crippen LogP) is 2.85. The van der Waals surface area contributed by atoms with E-state index in [-0.39, 0.29) is 17.1 Å². The van der Waals surface area contributed by atoms with Crippen molar-refractivity contribution in [1.29, 1.82) is 0 Å². The number of benzene rings is 1. The molecule has 0 saturated carbocycles. The quantitative estimate of drug-likeness (QED) is 0.803. The smallest absolute Gasteiger partial charge is 0.307 e. The van der Waals surface area contributed by atoms with E-state index in [1.807, 2.05) is 0 Å². The highest BCUT2D eigenvalue weighted by Gasteiger charge is 2.20. The van der Waals surface area contributed by atoms with Crippen molar-refractivity contribution in [3.8, 4) is 0 Å². The van der Waals surface area contributed by atoms with Crippen molar-refractivity contribution in [2.24, 2.45) is 0 Å². The number of halogens is 1. The van der Waals surface area contributed by atoms with Crippen molar-refractivity contribution < 1.29 is 17.9 Å². The molecule has 19 heavy (non-hydrogen) atoms. The molecule has 0 N–H and O–H groups in total. The molecule has 0 aromatic heterocycles. The molecule has 1 aromatic rings. The van der Waals surface area contributed by atoms with Crippen molar-refractivity contribution in [2.75, 3.05) is 5.75 Å². The van der Waals surface area contributed by atoms with E-state index in [4.69, 9.17) is 16.3 Å². The summed E-state index contributed by atoms with van der Waals surface area (Å²) in [5.41, 5.74) is -0.610. The molecule has 0 heterocycles. The first-order chi connectivity index (χ1) is 8.60. The first kappa shape index (κ1) is 16.0. The highest BCUT2D eigenvalue weighted by Crippen LogP contribution is 2.17. The molecule has 0 fully saturated rings. The van der Waals surface area contributed by atoms with Crippen LogP contribution in [0.15, 0.2) is 29.2 Å². The average molecular weight is 305 g/mol. The summed E-state index contributed by atoms with van der Waals surface area (Å²) in [7, 11) is -3.49. The van der Waals surface area contributed by atoms with Crippen molar-refractivity contribution in [1.82, 2.24) is 0 Å². The molecular weight excluding hydrogens is 288 g/mol. The number of carbonyl (C=O) groups is 1. The van der Waals surface area contributed by atoms with Gasteiger partial charge in [0.15, 0.2) is 9.84 Å². The van der Waals surface area contributed by atoms with Gasteiger partial charge in [0.1, 0.15) is 5.60 Å². The highest BCUT2D eigenvalue weighted by atomic mass is 35.5. The lowest BCUT2D eigenvalue weighted by Crippen LogP contribution is -2.25. The monoisotopic (exact) mass is 304 g/mol. The average Bonchev–Trinajstić information content (AvgIpc) is 2.25. The van der Waals surface area contributed by atoms with Crippen molar-refractivity contribution in [3.05, 3.63) is 29.3 Å². The van der Waals surface area contributed by atoms with Gasteiger partial charge in [-0.2, -0.15) is 0 Å². The summed E-state index contributed by atoms with van der Waals surface area (Å²) >= 11 is 5.69. The molecule has 0 radical (unpaired) electrons. The first-order valence-corrected chi connectivity index (χ1v) is 7.83. The molecule has 0 aliphatic carbocycles. The Bertz CT molecular complexity index is 541. The fourth-order valence-corrected chi connectivity index (χ4v) is 2.72. The Kier molecular flexibility index (Phi) is 4.98. The predicted molar refractivity (Wildman–Crippen MR) is 74.0 cm³/mol. The van der Waals surface area contributed by atoms with Gasteiger partial charge in [0.05, 0.1) is 17.1 Å². The first-order valence-electron chi connectivity index (χ1n) is 5.80. The Balaban J connectivity index is 2.66. The molecule has 0 saturated heterocycles. The molecule has 0 unspecified atom stereocenters. The van der Waals surface area contributed by atoms with Gasteiger partial charge < -0.3 is 4.74 Å². The number of sulfone groups is 1. The lowest BCUT2D eigenvalue weighted by molar-refractivity contribution is -0.154. The molecule has 0 spiro atoms. The summed E-state index contributed by atoms with van der Waals surface area (Å²) in [6, 6.07) is 5.85. The zero-order valence-corrected chi connectivity index (χ0v) is 12.7. The van der Waals surface area contributed by atoms with Gasteiger partial charge in [0.25, 0.3) is 0 Å². The zero-order valence-electron chi connectivity index (χ0n) is 11.1. The van der Waals surface area contributed by atoms with Crippen LogP contribution in [0.1, 0.15) is 27.2 Å². The maximum absolute atomic E-state index is 12.0. The summed E-state index contributed by atoms with van der Waals surface area (Å²) in [5.74, 6) is -0.797. The zero-order chi connectivity index (χ0) is 14.7. The third-order valence-corrected chi connectivity index (χ3v) is 4.15. The van der Waals surface area contributed by atoms with E-state index in [9.17, 15) is 13.2 Å². The van der Waals surface area contributed by atoms with Crippen LogP contribution in [0.5, 0.6) is 0 Å². The molecule has 0 aliphatic heterocycles. The number of hydrogen-bond acceptors (Lipinski definition) is 4. The Morgan fingerprint density at radius 1 is 1.21 bits per heavy atom. The minimum atomic E-state index is -3.49. The van der Waals surface area contributed by atoms with Crippen molar-refractivity contribution >= 4 is 27.4 Å². The highest BCUT2D eigenvalue weighted by molar-refractivity contribution is 7.91. The molecule has 0 atom stereocenters. The van der Waals surface area contributed by atoms with E-state index in [1.54, 1.807) is 20.8 Å². The molecule has 0 amide bonds. The minimum absolute atomic E-state index is 0.153. The Morgan fingerprint density at radius 2 is 1.74 bits per heavy atom. The van der Waals surface area contributed by atoms with Crippen LogP contribution in [0.4, 0.5) is 0 Å². The van der Waals surface area contributed by atoms with Gasteiger partial charge in [-0.05, 0) is 45.0 Å². The van der Waals surface area contributed by atoms with E-state index in [0.717, 1.165) is 0 Å². The lowest BCUT2D eigenvalue weighted by Gasteiger charge is -2.19. The second-order valence-corrected chi connectivity index (χ2v) is 7.65. The number of hydrogen-bond donors (Lipinski definition) is 0. The van der Waals surface area contributed by atoms with Gasteiger partial charge in [-0.15, -0.1) is 0 Å². The maximum Gasteiger partial charge on any atom is 0.307 e. The fraction of sp³-hybridized carbons (Fsp3) is 0.462. The van der Waals surface area contributed by atoms with E-state index in [2.05, 4.69) is 0 Å². The second-order valence-electron chi connectivity index (χ2n) is 5.11. The lowest BCUT2D eigenvalue weighted by atomic mass is 10.2. The summed E-state index contributed by atoms with van der Waals surface area (Å²) in [5, 5.41) is 0.464. The van der Waals surface area contributed by atoms with Gasteiger partial charge in [-0.1, -0.05) is 11.6 Å². The van der Waals surface area contributed by atoms with E-state index in [0.29, 0.717) is 5.02 Å².